The summed E-state index contributed by atoms with van der Waals surface area (Å²) in [4.78, 5) is 16.8. The highest BCUT2D eigenvalue weighted by Gasteiger charge is 2.38. The van der Waals surface area contributed by atoms with Gasteiger partial charge in [0.25, 0.3) is 11.8 Å². The molecule has 1 aromatic carbocycles. The molecule has 0 atom stereocenters. The van der Waals surface area contributed by atoms with Crippen molar-refractivity contribution in [3.8, 4) is 11.8 Å². The molecule has 0 unspecified atom stereocenters. The topological polar surface area (TPSA) is 111 Å². The Hall–Kier alpha value is -3.61. The largest absolute Gasteiger partial charge is 0.435 e. The second-order valence-electron chi connectivity index (χ2n) is 7.39. The maximum atomic E-state index is 14.2. The van der Waals surface area contributed by atoms with E-state index in [1.54, 1.807) is 0 Å². The van der Waals surface area contributed by atoms with Crippen molar-refractivity contribution in [2.24, 2.45) is 0 Å². The second kappa shape index (κ2) is 8.97. The summed E-state index contributed by atoms with van der Waals surface area (Å²) in [5, 5.41) is 8.87. The first kappa shape index (κ1) is 25.0. The Balaban J connectivity index is 2.10. The van der Waals surface area contributed by atoms with E-state index in [9.17, 15) is 30.8 Å². The summed E-state index contributed by atoms with van der Waals surface area (Å²) >= 11 is 0. The second-order valence-corrected chi connectivity index (χ2v) is 9.41. The van der Waals surface area contributed by atoms with Gasteiger partial charge < -0.3 is 10.1 Å². The van der Waals surface area contributed by atoms with Crippen LogP contribution in [0.25, 0.3) is 0 Å². The number of aryl methyl sites for hydroxylation is 1. The summed E-state index contributed by atoms with van der Waals surface area (Å²) in [6.07, 6.45) is -2.81. The fourth-order valence-electron chi connectivity index (χ4n) is 3.00. The lowest BCUT2D eigenvalue weighted by atomic mass is 10.1. The van der Waals surface area contributed by atoms with Crippen LogP contribution in [-0.2, 0) is 16.0 Å². The minimum absolute atomic E-state index is 0.000619. The number of alkyl halides is 3. The van der Waals surface area contributed by atoms with Gasteiger partial charge in [0.15, 0.2) is 15.5 Å². The Morgan fingerprint density at radius 3 is 2.35 bits per heavy atom. The number of hydrogen-bond donors (Lipinski definition) is 1. The molecule has 0 aliphatic carbocycles. The molecule has 3 rings (SSSR count). The molecule has 2 aromatic heterocycles. The molecule has 1 amide bonds. The van der Waals surface area contributed by atoms with Crippen LogP contribution in [0, 0.1) is 26.6 Å². The number of nitrogens with one attached hydrogen (secondary N) is 1. The molecule has 0 radical (unpaired) electrons. The Bertz CT molecular complexity index is 1390. The van der Waals surface area contributed by atoms with Crippen molar-refractivity contribution in [2.75, 3.05) is 11.6 Å². The minimum Gasteiger partial charge on any atom is -0.418 e. The first-order valence-electron chi connectivity index (χ1n) is 9.55. The summed E-state index contributed by atoms with van der Waals surface area (Å²) < 4.78 is 83.5. The van der Waals surface area contributed by atoms with E-state index < -0.39 is 50.4 Å². The highest BCUT2D eigenvalue weighted by molar-refractivity contribution is 7.90. The van der Waals surface area contributed by atoms with Crippen molar-refractivity contribution in [1.82, 2.24) is 15.2 Å². The Morgan fingerprint density at radius 2 is 1.74 bits per heavy atom. The average Bonchev–Trinajstić information content (AvgIpc) is 2.73. The minimum atomic E-state index is -4.93. The summed E-state index contributed by atoms with van der Waals surface area (Å²) in [6, 6.07) is 5.14. The average molecular weight is 498 g/mol. The van der Waals surface area contributed by atoms with Crippen LogP contribution < -0.4 is 10.1 Å². The fourth-order valence-corrected chi connectivity index (χ4v) is 3.67. The van der Waals surface area contributed by atoms with Crippen molar-refractivity contribution < 1.29 is 35.5 Å². The summed E-state index contributed by atoms with van der Waals surface area (Å²) in [5.74, 6) is -2.68. The molecule has 1 N–H and O–H groups in total. The SMILES string of the molecule is Cc1cnc(Oc2nnc(C(F)(F)F)c(C)c2C(=O)Nc2cccc(S(C)(=O)=O)c2)c(C)c1F. The number of rotatable bonds is 5. The smallest absolute Gasteiger partial charge is 0.418 e. The molecule has 8 nitrogen and oxygen atoms in total. The van der Waals surface area contributed by atoms with Gasteiger partial charge in [0.1, 0.15) is 11.4 Å². The van der Waals surface area contributed by atoms with Crippen LogP contribution in [0.4, 0.5) is 23.2 Å². The number of ether oxygens (including phenoxy) is 1. The number of amides is 1. The van der Waals surface area contributed by atoms with Crippen molar-refractivity contribution >= 4 is 21.4 Å². The third-order valence-corrected chi connectivity index (χ3v) is 5.88. The number of carbonyl (C=O) groups is 1. The molecule has 34 heavy (non-hydrogen) atoms. The van der Waals surface area contributed by atoms with Gasteiger partial charge >= 0.3 is 6.18 Å². The van der Waals surface area contributed by atoms with Crippen molar-refractivity contribution in [1.29, 1.82) is 0 Å². The third-order valence-electron chi connectivity index (χ3n) is 4.77. The van der Waals surface area contributed by atoms with Gasteiger partial charge in [-0.2, -0.15) is 13.2 Å². The molecule has 0 fully saturated rings. The predicted octanol–water partition coefficient (Wildman–Crippen LogP) is 4.40. The van der Waals surface area contributed by atoms with Crippen molar-refractivity contribution in [3.05, 3.63) is 64.2 Å². The molecule has 0 aliphatic heterocycles. The van der Waals surface area contributed by atoms with E-state index in [1.807, 2.05) is 0 Å². The number of nitrogens with zero attached hydrogens (tertiary/aromatic N) is 3. The molecule has 0 bridgehead atoms. The van der Waals surface area contributed by atoms with Crippen molar-refractivity contribution in [2.45, 2.75) is 31.8 Å². The summed E-state index contributed by atoms with van der Waals surface area (Å²) in [5.41, 5.74) is -2.49. The number of carbonyl (C=O) groups excluding carboxylic acids is 1. The molecule has 0 aliphatic rings. The zero-order valence-electron chi connectivity index (χ0n) is 18.3. The Kier molecular flexibility index (Phi) is 6.60. The maximum absolute atomic E-state index is 14.2. The van der Waals surface area contributed by atoms with Gasteiger partial charge in [0, 0.05) is 29.3 Å². The van der Waals surface area contributed by atoms with E-state index in [1.165, 1.54) is 32.0 Å². The highest BCUT2D eigenvalue weighted by Crippen LogP contribution is 2.35. The van der Waals surface area contributed by atoms with E-state index >= 15 is 0 Å². The summed E-state index contributed by atoms with van der Waals surface area (Å²) in [6.45, 7) is 3.80. The van der Waals surface area contributed by atoms with Crippen LogP contribution >= 0.6 is 0 Å². The van der Waals surface area contributed by atoms with E-state index in [4.69, 9.17) is 4.74 Å². The van der Waals surface area contributed by atoms with Crippen molar-refractivity contribution in [3.63, 3.8) is 0 Å². The van der Waals surface area contributed by atoms with Gasteiger partial charge in [0.05, 0.1) is 4.90 Å². The van der Waals surface area contributed by atoms with Gasteiger partial charge in [0.2, 0.25) is 5.88 Å². The number of sulfone groups is 1. The number of pyridine rings is 1. The Morgan fingerprint density at radius 1 is 1.06 bits per heavy atom. The van der Waals surface area contributed by atoms with E-state index in [0.29, 0.717) is 0 Å². The van der Waals surface area contributed by atoms with E-state index in [-0.39, 0.29) is 27.6 Å². The van der Waals surface area contributed by atoms with Crippen LogP contribution in [0.5, 0.6) is 11.8 Å². The molecule has 0 saturated heterocycles. The molecule has 0 saturated carbocycles. The quantitative estimate of drug-likeness (QED) is 0.519. The van der Waals surface area contributed by atoms with Gasteiger partial charge in [-0.25, -0.2) is 17.8 Å². The molecular weight excluding hydrogens is 480 g/mol. The third kappa shape index (κ3) is 5.14. The zero-order chi connectivity index (χ0) is 25.4. The molecule has 2 heterocycles. The molecule has 13 heteroatoms. The lowest BCUT2D eigenvalue weighted by molar-refractivity contribution is -0.142. The number of hydrogen-bond acceptors (Lipinski definition) is 7. The van der Waals surface area contributed by atoms with E-state index in [2.05, 4.69) is 20.5 Å². The molecule has 0 spiro atoms. The monoisotopic (exact) mass is 498 g/mol. The molecular formula is C21H18F4N4O4S. The number of benzene rings is 1. The fraction of sp³-hybridized carbons (Fsp3) is 0.238. The highest BCUT2D eigenvalue weighted by atomic mass is 32.2. The van der Waals surface area contributed by atoms with Crippen LogP contribution in [-0.4, -0.2) is 35.8 Å². The predicted molar refractivity (Wildman–Crippen MR) is 113 cm³/mol. The number of anilines is 1. The lowest BCUT2D eigenvalue weighted by Gasteiger charge is -2.16. The number of halogens is 4. The zero-order valence-corrected chi connectivity index (χ0v) is 19.1. The van der Waals surface area contributed by atoms with Gasteiger partial charge in [-0.15, -0.1) is 10.2 Å². The summed E-state index contributed by atoms with van der Waals surface area (Å²) in [7, 11) is -3.61. The lowest BCUT2D eigenvalue weighted by Crippen LogP contribution is -2.21. The van der Waals surface area contributed by atoms with E-state index in [0.717, 1.165) is 25.4 Å². The van der Waals surface area contributed by atoms with Gasteiger partial charge in [-0.1, -0.05) is 6.07 Å². The van der Waals surface area contributed by atoms with Crippen LogP contribution in [0.1, 0.15) is 32.7 Å². The number of aromatic nitrogens is 3. The first-order chi connectivity index (χ1) is 15.7. The van der Waals surface area contributed by atoms with Crippen LogP contribution in [0.15, 0.2) is 35.4 Å². The molecule has 180 valence electrons. The van der Waals surface area contributed by atoms with Crippen LogP contribution in [0.2, 0.25) is 0 Å². The van der Waals surface area contributed by atoms with Crippen LogP contribution in [0.3, 0.4) is 0 Å². The van der Waals surface area contributed by atoms with Gasteiger partial charge in [-0.3, -0.25) is 4.79 Å². The van der Waals surface area contributed by atoms with Gasteiger partial charge in [-0.05, 0) is 44.5 Å². The standard InChI is InChI=1S/C21H18F4N4O4S/c1-10-9-26-19(12(3)16(10)22)33-20-15(11(2)17(28-29-20)21(23,24)25)18(30)27-13-6-5-7-14(8-13)34(4,31)32/h5-9H,1-4H3,(H,27,30). The molecule has 3 aromatic rings. The normalized spacial score (nSPS) is 11.9. The Labute approximate surface area is 191 Å². The first-order valence-corrected chi connectivity index (χ1v) is 11.4. The maximum Gasteiger partial charge on any atom is 0.435 e.